The van der Waals surface area contributed by atoms with Gasteiger partial charge in [0, 0.05) is 6.54 Å². The van der Waals surface area contributed by atoms with Crippen molar-refractivity contribution in [3.8, 4) is 0 Å². The second-order valence-electron chi connectivity index (χ2n) is 9.33. The Hall–Kier alpha value is -1.88. The minimum Gasteiger partial charge on any atom is -0.464 e. The highest BCUT2D eigenvalue weighted by molar-refractivity contribution is 5.78. The molecule has 1 aromatic rings. The first-order chi connectivity index (χ1) is 14.1. The van der Waals surface area contributed by atoms with Gasteiger partial charge in [0.25, 0.3) is 0 Å². The zero-order valence-corrected chi connectivity index (χ0v) is 20.0. The Labute approximate surface area is 183 Å². The summed E-state index contributed by atoms with van der Waals surface area (Å²) in [6.45, 7) is 10.9. The number of likely N-dealkylation sites (N-methyl/N-ethyl adjacent to an activating group) is 1. The van der Waals surface area contributed by atoms with Crippen molar-refractivity contribution in [2.75, 3.05) is 27.2 Å². The lowest BCUT2D eigenvalue weighted by Crippen LogP contribution is -2.35. The Morgan fingerprint density at radius 3 is 2.17 bits per heavy atom. The molecule has 0 N–H and O–H groups in total. The Balaban J connectivity index is 2.74. The molecule has 0 aromatic heterocycles. The summed E-state index contributed by atoms with van der Waals surface area (Å²) < 4.78 is 11.4. The van der Waals surface area contributed by atoms with Gasteiger partial charge >= 0.3 is 11.9 Å². The third kappa shape index (κ3) is 8.10. The van der Waals surface area contributed by atoms with E-state index in [-0.39, 0.29) is 18.0 Å². The van der Waals surface area contributed by atoms with Gasteiger partial charge in [0.15, 0.2) is 0 Å². The van der Waals surface area contributed by atoms with Crippen LogP contribution in [-0.2, 0) is 19.1 Å². The van der Waals surface area contributed by atoms with E-state index >= 15 is 0 Å². The Morgan fingerprint density at radius 2 is 1.63 bits per heavy atom. The van der Waals surface area contributed by atoms with Gasteiger partial charge in [-0.05, 0) is 66.1 Å². The average molecular weight is 420 g/mol. The second kappa shape index (κ2) is 12.1. The van der Waals surface area contributed by atoms with Crippen molar-refractivity contribution >= 4 is 11.9 Å². The lowest BCUT2D eigenvalue weighted by atomic mass is 9.76. The number of hydrogen-bond donors (Lipinski definition) is 0. The molecule has 2 atom stereocenters. The van der Waals surface area contributed by atoms with Crippen LogP contribution < -0.4 is 0 Å². The van der Waals surface area contributed by atoms with Gasteiger partial charge in [-0.2, -0.15) is 0 Å². The Bertz CT molecular complexity index is 656. The van der Waals surface area contributed by atoms with Gasteiger partial charge in [0.2, 0.25) is 0 Å². The summed E-state index contributed by atoms with van der Waals surface area (Å²) >= 11 is 0. The molecule has 170 valence electrons. The van der Waals surface area contributed by atoms with Gasteiger partial charge in [-0.25, -0.2) is 0 Å². The number of benzene rings is 1. The molecule has 0 heterocycles. The quantitative estimate of drug-likeness (QED) is 0.401. The number of hydrogen-bond acceptors (Lipinski definition) is 5. The first-order valence-corrected chi connectivity index (χ1v) is 11.1. The molecule has 0 amide bonds. The van der Waals surface area contributed by atoms with E-state index in [0.29, 0.717) is 32.4 Å². The summed E-state index contributed by atoms with van der Waals surface area (Å²) in [5, 5.41) is 0. The third-order valence-electron chi connectivity index (χ3n) is 5.87. The maximum Gasteiger partial charge on any atom is 0.312 e. The second-order valence-corrected chi connectivity index (χ2v) is 9.33. The number of carbonyl (C=O) groups is 2. The number of esters is 2. The lowest BCUT2D eigenvalue weighted by molar-refractivity contribution is -0.163. The van der Waals surface area contributed by atoms with Crippen LogP contribution in [0, 0.1) is 10.8 Å². The van der Waals surface area contributed by atoms with Crippen LogP contribution in [0.4, 0.5) is 0 Å². The molecule has 30 heavy (non-hydrogen) atoms. The zero-order chi connectivity index (χ0) is 22.8. The highest BCUT2D eigenvalue weighted by Gasteiger charge is 2.38. The lowest BCUT2D eigenvalue weighted by Gasteiger charge is -2.31. The first kappa shape index (κ1) is 26.2. The van der Waals surface area contributed by atoms with Gasteiger partial charge < -0.3 is 14.4 Å². The summed E-state index contributed by atoms with van der Waals surface area (Å²) in [5.41, 5.74) is -0.265. The van der Waals surface area contributed by atoms with Gasteiger partial charge in [-0.15, -0.1) is 0 Å². The SMILES string of the molecule is CCCC(OC(=O)C(C)(C)CCC(C)(CC)C(=O)OCCN(C)C)c1ccccc1. The molecule has 1 rings (SSSR count). The van der Waals surface area contributed by atoms with E-state index in [9.17, 15) is 9.59 Å². The summed E-state index contributed by atoms with van der Waals surface area (Å²) in [4.78, 5) is 27.6. The smallest absolute Gasteiger partial charge is 0.312 e. The highest BCUT2D eigenvalue weighted by Crippen LogP contribution is 2.37. The van der Waals surface area contributed by atoms with E-state index in [0.717, 1.165) is 18.4 Å². The van der Waals surface area contributed by atoms with Crippen LogP contribution in [0.3, 0.4) is 0 Å². The van der Waals surface area contributed by atoms with Crippen molar-refractivity contribution in [3.63, 3.8) is 0 Å². The summed E-state index contributed by atoms with van der Waals surface area (Å²) in [5.74, 6) is -0.409. The summed E-state index contributed by atoms with van der Waals surface area (Å²) in [7, 11) is 3.89. The molecule has 0 spiro atoms. The fourth-order valence-electron chi connectivity index (χ4n) is 3.12. The number of carbonyl (C=O) groups excluding carboxylic acids is 2. The van der Waals surface area contributed by atoms with Crippen LogP contribution in [0.25, 0.3) is 0 Å². The molecule has 0 saturated carbocycles. The molecule has 0 bridgehead atoms. The molecule has 0 aliphatic carbocycles. The molecule has 0 saturated heterocycles. The molecule has 5 nitrogen and oxygen atoms in total. The van der Waals surface area contributed by atoms with Gasteiger partial charge in [-0.1, -0.05) is 50.6 Å². The van der Waals surface area contributed by atoms with Crippen LogP contribution in [-0.4, -0.2) is 44.1 Å². The van der Waals surface area contributed by atoms with Gasteiger partial charge in [-0.3, -0.25) is 9.59 Å². The number of nitrogens with zero attached hydrogens (tertiary/aromatic N) is 1. The van der Waals surface area contributed by atoms with Crippen LogP contribution in [0.5, 0.6) is 0 Å². The van der Waals surface area contributed by atoms with Crippen LogP contribution in [0.2, 0.25) is 0 Å². The maximum atomic E-state index is 13.0. The van der Waals surface area contributed by atoms with Crippen molar-refractivity contribution in [2.45, 2.75) is 72.8 Å². The number of ether oxygens (including phenoxy) is 2. The van der Waals surface area contributed by atoms with E-state index in [1.807, 2.05) is 77.0 Å². The molecule has 0 aliphatic rings. The zero-order valence-electron chi connectivity index (χ0n) is 20.0. The molecule has 1 aromatic carbocycles. The predicted octanol–water partition coefficient (Wildman–Crippen LogP) is 5.40. The first-order valence-electron chi connectivity index (χ1n) is 11.1. The largest absolute Gasteiger partial charge is 0.464 e. The van der Waals surface area contributed by atoms with Crippen molar-refractivity contribution in [1.82, 2.24) is 4.90 Å². The fraction of sp³-hybridized carbons (Fsp3) is 0.680. The standard InChI is InChI=1S/C25H41NO4/c1-8-13-21(20-14-11-10-12-15-20)30-22(27)24(3,4)16-17-25(5,9-2)23(28)29-19-18-26(6)7/h10-12,14-15,21H,8-9,13,16-19H2,1-7H3. The van der Waals surface area contributed by atoms with E-state index < -0.39 is 10.8 Å². The molecule has 0 aliphatic heterocycles. The van der Waals surface area contributed by atoms with Crippen molar-refractivity contribution < 1.29 is 19.1 Å². The Kier molecular flexibility index (Phi) is 10.5. The Morgan fingerprint density at radius 1 is 1.00 bits per heavy atom. The molecule has 0 fully saturated rings. The normalized spacial score (nSPS) is 14.8. The van der Waals surface area contributed by atoms with Crippen molar-refractivity contribution in [1.29, 1.82) is 0 Å². The molecule has 2 unspecified atom stereocenters. The maximum absolute atomic E-state index is 13.0. The molecular formula is C25H41NO4. The molecule has 0 radical (unpaired) electrons. The minimum atomic E-state index is -0.679. The van der Waals surface area contributed by atoms with Crippen molar-refractivity contribution in [2.24, 2.45) is 10.8 Å². The van der Waals surface area contributed by atoms with Crippen LogP contribution in [0.15, 0.2) is 30.3 Å². The topological polar surface area (TPSA) is 55.8 Å². The van der Waals surface area contributed by atoms with Crippen molar-refractivity contribution in [3.05, 3.63) is 35.9 Å². The fourth-order valence-corrected chi connectivity index (χ4v) is 3.12. The predicted molar refractivity (Wildman–Crippen MR) is 121 cm³/mol. The molecule has 5 heteroatoms. The monoisotopic (exact) mass is 419 g/mol. The minimum absolute atomic E-state index is 0.191. The highest BCUT2D eigenvalue weighted by atomic mass is 16.5. The van der Waals surface area contributed by atoms with Crippen LogP contribution in [0.1, 0.15) is 78.4 Å². The third-order valence-corrected chi connectivity index (χ3v) is 5.87. The van der Waals surface area contributed by atoms with E-state index in [2.05, 4.69) is 6.92 Å². The van der Waals surface area contributed by atoms with Crippen LogP contribution >= 0.6 is 0 Å². The van der Waals surface area contributed by atoms with E-state index in [4.69, 9.17) is 9.47 Å². The average Bonchev–Trinajstić information content (AvgIpc) is 2.71. The summed E-state index contributed by atoms with van der Waals surface area (Å²) in [6.07, 6.45) is 3.29. The van der Waals surface area contributed by atoms with E-state index in [1.165, 1.54) is 0 Å². The number of rotatable bonds is 13. The molecular weight excluding hydrogens is 378 g/mol. The van der Waals surface area contributed by atoms with Gasteiger partial charge in [0.1, 0.15) is 12.7 Å². The van der Waals surface area contributed by atoms with E-state index in [1.54, 1.807) is 0 Å². The summed E-state index contributed by atoms with van der Waals surface area (Å²) in [6, 6.07) is 9.88. The van der Waals surface area contributed by atoms with Gasteiger partial charge in [0.05, 0.1) is 10.8 Å².